The highest BCUT2D eigenvalue weighted by Crippen LogP contribution is 2.10. The molecule has 1 aromatic rings. The molecule has 2 amide bonds. The van der Waals surface area contributed by atoms with E-state index >= 15 is 0 Å². The third-order valence-electron chi connectivity index (χ3n) is 4.13. The highest BCUT2D eigenvalue weighted by Gasteiger charge is 2.27. The van der Waals surface area contributed by atoms with Crippen LogP contribution in [0.4, 0.5) is 4.79 Å². The molecule has 1 aromatic carbocycles. The zero-order valence-electron chi connectivity index (χ0n) is 14.4. The van der Waals surface area contributed by atoms with Gasteiger partial charge in [-0.05, 0) is 25.0 Å². The Balaban J connectivity index is 1.89. The van der Waals surface area contributed by atoms with E-state index in [2.05, 4.69) is 0 Å². The first-order valence-electron chi connectivity index (χ1n) is 8.31. The zero-order valence-corrected chi connectivity index (χ0v) is 14.4. The van der Waals surface area contributed by atoms with E-state index in [-0.39, 0.29) is 17.8 Å². The van der Waals surface area contributed by atoms with Crippen molar-refractivity contribution >= 4 is 17.8 Å². The van der Waals surface area contributed by atoms with Crippen molar-refractivity contribution in [3.05, 3.63) is 35.4 Å². The van der Waals surface area contributed by atoms with Crippen LogP contribution in [-0.4, -0.2) is 66.5 Å². The van der Waals surface area contributed by atoms with Gasteiger partial charge in [-0.25, -0.2) is 4.79 Å². The predicted molar refractivity (Wildman–Crippen MR) is 94.3 cm³/mol. The van der Waals surface area contributed by atoms with Crippen LogP contribution in [0, 0.1) is 5.41 Å². The molecular formula is C17H25N5O3. The zero-order chi connectivity index (χ0) is 18.4. The van der Waals surface area contributed by atoms with Crippen molar-refractivity contribution in [1.82, 2.24) is 9.80 Å². The average Bonchev–Trinajstić information content (AvgIpc) is 2.61. The van der Waals surface area contributed by atoms with Gasteiger partial charge < -0.3 is 26.0 Å². The maximum atomic E-state index is 12.5. The number of nitrogen functional groups attached to an aromatic ring is 1. The van der Waals surface area contributed by atoms with E-state index in [1.54, 1.807) is 34.9 Å². The summed E-state index contributed by atoms with van der Waals surface area (Å²) in [5, 5.41) is 7.47. The Hall–Kier alpha value is -2.61. The van der Waals surface area contributed by atoms with Gasteiger partial charge in [-0.1, -0.05) is 18.2 Å². The van der Waals surface area contributed by atoms with Gasteiger partial charge in [0.15, 0.2) is 0 Å². The highest BCUT2D eigenvalue weighted by molar-refractivity contribution is 5.95. The average molecular weight is 347 g/mol. The fraction of sp³-hybridized carbons (Fsp3) is 0.471. The lowest BCUT2D eigenvalue weighted by Gasteiger charge is -2.35. The summed E-state index contributed by atoms with van der Waals surface area (Å²) in [6.07, 6.45) is 0.0258. The third-order valence-corrected chi connectivity index (χ3v) is 4.13. The molecule has 1 heterocycles. The third kappa shape index (κ3) is 4.93. The van der Waals surface area contributed by atoms with Gasteiger partial charge in [0.05, 0.1) is 12.6 Å². The molecule has 0 aromatic heterocycles. The first-order valence-corrected chi connectivity index (χ1v) is 8.31. The van der Waals surface area contributed by atoms with Crippen molar-refractivity contribution in [1.29, 1.82) is 5.41 Å². The normalized spacial score (nSPS) is 15.6. The van der Waals surface area contributed by atoms with Gasteiger partial charge >= 0.3 is 6.09 Å². The van der Waals surface area contributed by atoms with E-state index < -0.39 is 6.04 Å². The standard InChI is InChI=1S/C17H25N5O3/c1-2-25-17(24)22-8-6-21(7-9-22)16(23)14(18)11-12-4-3-5-13(10-12)15(19)20/h3-5,10,14H,2,6-9,11,18H2,1H3,(H3,19,20)/t14-/m0/s1. The Morgan fingerprint density at radius 3 is 2.48 bits per heavy atom. The van der Waals surface area contributed by atoms with Gasteiger partial charge in [-0.15, -0.1) is 0 Å². The van der Waals surface area contributed by atoms with E-state index in [0.717, 1.165) is 5.56 Å². The smallest absolute Gasteiger partial charge is 0.409 e. The molecule has 0 spiro atoms. The number of benzene rings is 1. The van der Waals surface area contributed by atoms with Crippen molar-refractivity contribution in [3.8, 4) is 0 Å². The highest BCUT2D eigenvalue weighted by atomic mass is 16.6. The minimum Gasteiger partial charge on any atom is -0.450 e. The van der Waals surface area contributed by atoms with E-state index in [9.17, 15) is 9.59 Å². The minimum absolute atomic E-state index is 0.0168. The summed E-state index contributed by atoms with van der Waals surface area (Å²) in [7, 11) is 0. The van der Waals surface area contributed by atoms with Gasteiger partial charge in [0.2, 0.25) is 5.91 Å². The Labute approximate surface area is 147 Å². The molecule has 1 atom stereocenters. The molecule has 1 aliphatic rings. The molecule has 136 valence electrons. The lowest BCUT2D eigenvalue weighted by molar-refractivity contribution is -0.134. The number of nitrogens with zero attached hydrogens (tertiary/aromatic N) is 2. The molecule has 0 radical (unpaired) electrons. The van der Waals surface area contributed by atoms with Crippen molar-refractivity contribution in [3.63, 3.8) is 0 Å². The molecular weight excluding hydrogens is 322 g/mol. The van der Waals surface area contributed by atoms with Crippen LogP contribution in [0.2, 0.25) is 0 Å². The van der Waals surface area contributed by atoms with Crippen LogP contribution >= 0.6 is 0 Å². The van der Waals surface area contributed by atoms with Crippen molar-refractivity contribution in [2.24, 2.45) is 11.5 Å². The van der Waals surface area contributed by atoms with Gasteiger partial charge in [0.25, 0.3) is 0 Å². The van der Waals surface area contributed by atoms with Crippen LogP contribution in [0.25, 0.3) is 0 Å². The SMILES string of the molecule is CCOC(=O)N1CCN(C(=O)[C@@H](N)Cc2cccc(C(=N)N)c2)CC1. The van der Waals surface area contributed by atoms with Crippen molar-refractivity contribution in [2.45, 2.75) is 19.4 Å². The number of rotatable bonds is 5. The monoisotopic (exact) mass is 347 g/mol. The summed E-state index contributed by atoms with van der Waals surface area (Å²) < 4.78 is 4.97. The Morgan fingerprint density at radius 1 is 1.24 bits per heavy atom. The lowest BCUT2D eigenvalue weighted by Crippen LogP contribution is -2.54. The number of carbonyl (C=O) groups is 2. The van der Waals surface area contributed by atoms with E-state index in [1.165, 1.54) is 0 Å². The van der Waals surface area contributed by atoms with E-state index in [4.69, 9.17) is 21.6 Å². The molecule has 8 nitrogen and oxygen atoms in total. The van der Waals surface area contributed by atoms with E-state index in [1.807, 2.05) is 6.07 Å². The molecule has 0 saturated carbocycles. The fourth-order valence-corrected chi connectivity index (χ4v) is 2.77. The molecule has 25 heavy (non-hydrogen) atoms. The number of piperazine rings is 1. The second kappa shape index (κ2) is 8.48. The number of ether oxygens (including phenoxy) is 1. The van der Waals surface area contributed by atoms with Crippen LogP contribution in [0.5, 0.6) is 0 Å². The summed E-state index contributed by atoms with van der Waals surface area (Å²) >= 11 is 0. The van der Waals surface area contributed by atoms with Crippen LogP contribution < -0.4 is 11.5 Å². The van der Waals surface area contributed by atoms with Crippen LogP contribution in [0.1, 0.15) is 18.1 Å². The molecule has 0 bridgehead atoms. The van der Waals surface area contributed by atoms with Crippen molar-refractivity contribution in [2.75, 3.05) is 32.8 Å². The Morgan fingerprint density at radius 2 is 1.88 bits per heavy atom. The maximum absolute atomic E-state index is 12.5. The molecule has 1 fully saturated rings. The molecule has 5 N–H and O–H groups in total. The number of amides is 2. The largest absolute Gasteiger partial charge is 0.450 e. The number of carbonyl (C=O) groups excluding carboxylic acids is 2. The second-order valence-corrected chi connectivity index (χ2v) is 5.94. The van der Waals surface area contributed by atoms with Gasteiger partial charge in [0, 0.05) is 31.7 Å². The minimum atomic E-state index is -0.670. The lowest BCUT2D eigenvalue weighted by atomic mass is 10.0. The number of hydrogen-bond acceptors (Lipinski definition) is 5. The van der Waals surface area contributed by atoms with Gasteiger partial charge in [-0.3, -0.25) is 10.2 Å². The quantitative estimate of drug-likeness (QED) is 0.516. The first kappa shape index (κ1) is 18.7. The molecule has 1 aliphatic heterocycles. The number of nitrogens with two attached hydrogens (primary N) is 2. The Bertz CT molecular complexity index is 641. The summed E-state index contributed by atoms with van der Waals surface area (Å²) in [4.78, 5) is 27.5. The number of amidine groups is 1. The topological polar surface area (TPSA) is 126 Å². The Kier molecular flexibility index (Phi) is 6.35. The maximum Gasteiger partial charge on any atom is 0.409 e. The van der Waals surface area contributed by atoms with Crippen molar-refractivity contribution < 1.29 is 14.3 Å². The summed E-state index contributed by atoms with van der Waals surface area (Å²) in [6, 6.07) is 6.50. The fourth-order valence-electron chi connectivity index (χ4n) is 2.77. The molecule has 1 saturated heterocycles. The van der Waals surface area contributed by atoms with Crippen LogP contribution in [0.3, 0.4) is 0 Å². The van der Waals surface area contributed by atoms with Gasteiger partial charge in [-0.2, -0.15) is 0 Å². The van der Waals surface area contributed by atoms with Crippen LogP contribution in [-0.2, 0) is 16.0 Å². The van der Waals surface area contributed by atoms with Gasteiger partial charge in [0.1, 0.15) is 5.84 Å². The molecule has 0 unspecified atom stereocenters. The first-order chi connectivity index (χ1) is 11.9. The summed E-state index contributed by atoms with van der Waals surface area (Å²) in [6.45, 7) is 3.87. The van der Waals surface area contributed by atoms with E-state index in [0.29, 0.717) is 44.8 Å². The summed E-state index contributed by atoms with van der Waals surface area (Å²) in [5.41, 5.74) is 13.0. The molecule has 0 aliphatic carbocycles. The molecule has 8 heteroatoms. The predicted octanol–water partition coefficient (Wildman–Crippen LogP) is 0.141. The number of nitrogens with one attached hydrogen (secondary N) is 1. The summed E-state index contributed by atoms with van der Waals surface area (Å²) in [5.74, 6) is -0.159. The number of hydrogen-bond donors (Lipinski definition) is 3. The second-order valence-electron chi connectivity index (χ2n) is 5.94. The van der Waals surface area contributed by atoms with Crippen LogP contribution in [0.15, 0.2) is 24.3 Å². The molecule has 2 rings (SSSR count).